The predicted octanol–water partition coefficient (Wildman–Crippen LogP) is 5.39. The maximum Gasteiger partial charge on any atom is 0.189 e. The van der Waals surface area contributed by atoms with E-state index in [0.717, 1.165) is 23.5 Å². The molecule has 5 nitrogen and oxygen atoms in total. The Morgan fingerprint density at radius 1 is 1.03 bits per heavy atom. The van der Waals surface area contributed by atoms with Crippen molar-refractivity contribution in [2.45, 2.75) is 44.1 Å². The normalized spacial score (nSPS) is 16.6. The van der Waals surface area contributed by atoms with E-state index in [-0.39, 0.29) is 5.41 Å². The van der Waals surface area contributed by atoms with Gasteiger partial charge in [-0.3, -0.25) is 0 Å². The molecule has 2 aliphatic carbocycles. The van der Waals surface area contributed by atoms with Crippen LogP contribution >= 0.6 is 11.6 Å². The number of fused-ring (bicyclic) bond motifs is 6. The lowest BCUT2D eigenvalue weighted by molar-refractivity contribution is 0.296. The third-order valence-corrected chi connectivity index (χ3v) is 6.76. The lowest BCUT2D eigenvalue weighted by Crippen LogP contribution is -2.31. The highest BCUT2D eigenvalue weighted by Gasteiger charge is 2.43. The standard InChI is InChI=1S/C24H21ClN4O/c25-17-7-9-18(10-8-17)30-14-20-27-23-21-22(26-15-29(23)28-20)19-6-2-1-5-16(19)13-24(21)11-3-4-12-24/h1-2,5-10,15H,3-4,11-14H2. The van der Waals surface area contributed by atoms with Crippen molar-refractivity contribution >= 4 is 17.2 Å². The van der Waals surface area contributed by atoms with Crippen LogP contribution in [0.4, 0.5) is 0 Å². The van der Waals surface area contributed by atoms with E-state index in [9.17, 15) is 0 Å². The molecule has 30 heavy (non-hydrogen) atoms. The Labute approximate surface area is 179 Å². The first kappa shape index (κ1) is 17.9. The van der Waals surface area contributed by atoms with E-state index in [4.69, 9.17) is 26.3 Å². The molecule has 1 saturated carbocycles. The Morgan fingerprint density at radius 2 is 1.83 bits per heavy atom. The Hall–Kier alpha value is -2.92. The Bertz CT molecular complexity index is 1240. The first-order valence-electron chi connectivity index (χ1n) is 10.4. The maximum atomic E-state index is 5.95. The Morgan fingerprint density at radius 3 is 2.67 bits per heavy atom. The van der Waals surface area contributed by atoms with Crippen LogP contribution in [-0.4, -0.2) is 19.6 Å². The first-order valence-corrected chi connectivity index (χ1v) is 10.8. The Balaban J connectivity index is 1.44. The second kappa shape index (κ2) is 6.81. The zero-order valence-electron chi connectivity index (χ0n) is 16.5. The zero-order chi connectivity index (χ0) is 20.1. The number of hydrogen-bond donors (Lipinski definition) is 0. The molecule has 2 aliphatic rings. The minimum atomic E-state index is 0.112. The lowest BCUT2D eigenvalue weighted by Gasteiger charge is -2.36. The third-order valence-electron chi connectivity index (χ3n) is 6.51. The molecule has 0 N–H and O–H groups in total. The van der Waals surface area contributed by atoms with Crippen molar-refractivity contribution in [3.63, 3.8) is 0 Å². The molecule has 150 valence electrons. The van der Waals surface area contributed by atoms with Crippen LogP contribution in [0.5, 0.6) is 5.75 Å². The van der Waals surface area contributed by atoms with E-state index >= 15 is 0 Å². The number of benzene rings is 2. The smallest absolute Gasteiger partial charge is 0.189 e. The van der Waals surface area contributed by atoms with Gasteiger partial charge in [-0.2, -0.15) is 0 Å². The van der Waals surface area contributed by atoms with Crippen molar-refractivity contribution in [3.8, 4) is 17.0 Å². The van der Waals surface area contributed by atoms with Gasteiger partial charge in [0.15, 0.2) is 11.5 Å². The topological polar surface area (TPSA) is 52.3 Å². The maximum absolute atomic E-state index is 5.95. The summed E-state index contributed by atoms with van der Waals surface area (Å²) in [4.78, 5) is 9.77. The molecule has 0 bridgehead atoms. The van der Waals surface area contributed by atoms with Crippen LogP contribution in [0.2, 0.25) is 5.02 Å². The highest BCUT2D eigenvalue weighted by atomic mass is 35.5. The molecule has 0 unspecified atom stereocenters. The van der Waals surface area contributed by atoms with Crippen LogP contribution in [0.25, 0.3) is 16.9 Å². The lowest BCUT2D eigenvalue weighted by atomic mass is 9.68. The van der Waals surface area contributed by atoms with Gasteiger partial charge in [0, 0.05) is 21.6 Å². The van der Waals surface area contributed by atoms with E-state index in [2.05, 4.69) is 29.4 Å². The number of ether oxygens (including phenoxy) is 1. The summed E-state index contributed by atoms with van der Waals surface area (Å²) < 4.78 is 7.70. The van der Waals surface area contributed by atoms with Crippen molar-refractivity contribution in [1.82, 2.24) is 19.6 Å². The highest BCUT2D eigenvalue weighted by molar-refractivity contribution is 6.30. The van der Waals surface area contributed by atoms with Gasteiger partial charge < -0.3 is 4.74 Å². The molecule has 6 heteroatoms. The zero-order valence-corrected chi connectivity index (χ0v) is 17.3. The van der Waals surface area contributed by atoms with Crippen LogP contribution in [0, 0.1) is 0 Å². The molecule has 1 fully saturated rings. The molecular weight excluding hydrogens is 396 g/mol. The molecule has 1 spiro atoms. The second-order valence-electron chi connectivity index (χ2n) is 8.33. The fourth-order valence-corrected chi connectivity index (χ4v) is 5.30. The van der Waals surface area contributed by atoms with Crippen LogP contribution in [0.3, 0.4) is 0 Å². The molecule has 0 atom stereocenters. The summed E-state index contributed by atoms with van der Waals surface area (Å²) in [5, 5.41) is 5.34. The largest absolute Gasteiger partial charge is 0.486 e. The highest BCUT2D eigenvalue weighted by Crippen LogP contribution is 2.51. The van der Waals surface area contributed by atoms with Gasteiger partial charge in [0.25, 0.3) is 0 Å². The number of aromatic nitrogens is 4. The number of rotatable bonds is 3. The fourth-order valence-electron chi connectivity index (χ4n) is 5.17. The molecular formula is C24H21ClN4O. The van der Waals surface area contributed by atoms with Crippen molar-refractivity contribution in [1.29, 1.82) is 0 Å². The van der Waals surface area contributed by atoms with E-state index in [0.29, 0.717) is 17.5 Å². The molecule has 0 amide bonds. The fraction of sp³-hybridized carbons (Fsp3) is 0.292. The predicted molar refractivity (Wildman–Crippen MR) is 116 cm³/mol. The van der Waals surface area contributed by atoms with Gasteiger partial charge >= 0.3 is 0 Å². The molecule has 2 heterocycles. The molecule has 2 aromatic carbocycles. The van der Waals surface area contributed by atoms with Crippen LogP contribution in [0.15, 0.2) is 54.9 Å². The number of halogens is 1. The Kier molecular flexibility index (Phi) is 4.06. The van der Waals surface area contributed by atoms with Crippen LogP contribution in [0.1, 0.15) is 42.6 Å². The summed E-state index contributed by atoms with van der Waals surface area (Å²) in [7, 11) is 0. The average Bonchev–Trinajstić information content (AvgIpc) is 3.40. The van der Waals surface area contributed by atoms with Gasteiger partial charge in [-0.15, -0.1) is 5.10 Å². The SMILES string of the molecule is Clc1ccc(OCc2nc3c4c(ncn3n2)-c2ccccc2CC42CCCC2)cc1. The minimum Gasteiger partial charge on any atom is -0.486 e. The summed E-state index contributed by atoms with van der Waals surface area (Å²) in [6.45, 7) is 0.307. The van der Waals surface area contributed by atoms with Gasteiger partial charge in [0.05, 0.1) is 5.69 Å². The number of nitrogens with zero attached hydrogens (tertiary/aromatic N) is 4. The third kappa shape index (κ3) is 2.80. The summed E-state index contributed by atoms with van der Waals surface area (Å²) in [5.74, 6) is 1.41. The summed E-state index contributed by atoms with van der Waals surface area (Å²) in [5.41, 5.74) is 6.01. The first-order chi connectivity index (χ1) is 14.7. The van der Waals surface area contributed by atoms with Crippen LogP contribution in [-0.2, 0) is 18.4 Å². The van der Waals surface area contributed by atoms with Crippen molar-refractivity contribution in [2.75, 3.05) is 0 Å². The quantitative estimate of drug-likeness (QED) is 0.449. The average molecular weight is 417 g/mol. The van der Waals surface area contributed by atoms with Crippen molar-refractivity contribution in [2.24, 2.45) is 0 Å². The van der Waals surface area contributed by atoms with Gasteiger partial charge in [-0.05, 0) is 49.1 Å². The number of hydrogen-bond acceptors (Lipinski definition) is 4. The van der Waals surface area contributed by atoms with E-state index in [1.54, 1.807) is 6.33 Å². The molecule has 6 rings (SSSR count). The molecule has 0 aliphatic heterocycles. The summed E-state index contributed by atoms with van der Waals surface area (Å²) in [6.07, 6.45) is 7.71. The van der Waals surface area contributed by atoms with Gasteiger partial charge in [-0.25, -0.2) is 14.5 Å². The van der Waals surface area contributed by atoms with Gasteiger partial charge in [0.2, 0.25) is 0 Å². The van der Waals surface area contributed by atoms with Crippen molar-refractivity contribution < 1.29 is 4.74 Å². The van der Waals surface area contributed by atoms with Gasteiger partial charge in [-0.1, -0.05) is 48.7 Å². The molecule has 0 radical (unpaired) electrons. The summed E-state index contributed by atoms with van der Waals surface area (Å²) in [6, 6.07) is 16.0. The summed E-state index contributed by atoms with van der Waals surface area (Å²) >= 11 is 5.95. The van der Waals surface area contributed by atoms with E-state index in [1.807, 2.05) is 28.8 Å². The van der Waals surface area contributed by atoms with Crippen molar-refractivity contribution in [3.05, 3.63) is 76.8 Å². The monoisotopic (exact) mass is 416 g/mol. The van der Waals surface area contributed by atoms with E-state index < -0.39 is 0 Å². The van der Waals surface area contributed by atoms with E-state index in [1.165, 1.54) is 42.4 Å². The molecule has 4 aromatic rings. The molecule has 2 aromatic heterocycles. The van der Waals surface area contributed by atoms with Gasteiger partial charge in [0.1, 0.15) is 18.7 Å². The minimum absolute atomic E-state index is 0.112. The second-order valence-corrected chi connectivity index (χ2v) is 8.76. The van der Waals surface area contributed by atoms with Crippen LogP contribution < -0.4 is 4.74 Å². The molecule has 0 saturated heterocycles.